The Morgan fingerprint density at radius 2 is 2.00 bits per heavy atom. The zero-order chi connectivity index (χ0) is 20.4. The van der Waals surface area contributed by atoms with Crippen LogP contribution in [0.4, 0.5) is 23.7 Å². The Kier molecular flexibility index (Phi) is 5.62. The number of carbonyl (C=O) groups is 1. The standard InChI is InChI=1S/C20H19F3N2O3S/c21-20(22,23)14-2-1-3-15(8-14)24-19(26)25-16-10-28-17-13(9-27-18(16)17)5-4-12-6-7-29-11-12/h1-8,11,13,16-18H,9-10H2,(H2,24,25,26)/b5-4-/t13-,16-,17+,18+/m0/s1. The first-order valence-corrected chi connectivity index (χ1v) is 10.0. The monoisotopic (exact) mass is 424 g/mol. The molecule has 1 aromatic carbocycles. The van der Waals surface area contributed by atoms with E-state index in [0.717, 1.165) is 17.7 Å². The van der Waals surface area contributed by atoms with Gasteiger partial charge in [0.15, 0.2) is 0 Å². The molecule has 0 spiro atoms. The van der Waals surface area contributed by atoms with Crippen molar-refractivity contribution >= 4 is 29.1 Å². The van der Waals surface area contributed by atoms with Crippen LogP contribution in [0.25, 0.3) is 6.08 Å². The van der Waals surface area contributed by atoms with Gasteiger partial charge in [0.05, 0.1) is 30.9 Å². The number of benzene rings is 1. The van der Waals surface area contributed by atoms with Crippen LogP contribution in [0.5, 0.6) is 0 Å². The van der Waals surface area contributed by atoms with Crippen molar-refractivity contribution < 1.29 is 27.4 Å². The number of anilines is 1. The first-order chi connectivity index (χ1) is 13.9. The summed E-state index contributed by atoms with van der Waals surface area (Å²) in [6.45, 7) is 0.775. The zero-order valence-electron chi connectivity index (χ0n) is 15.2. The maximum absolute atomic E-state index is 12.8. The average Bonchev–Trinajstić information content (AvgIpc) is 3.39. The maximum Gasteiger partial charge on any atom is 0.416 e. The van der Waals surface area contributed by atoms with E-state index in [9.17, 15) is 18.0 Å². The number of halogens is 3. The summed E-state index contributed by atoms with van der Waals surface area (Å²) in [6, 6.07) is 5.55. The molecule has 2 saturated heterocycles. The van der Waals surface area contributed by atoms with Crippen LogP contribution in [-0.2, 0) is 15.7 Å². The second-order valence-electron chi connectivity index (χ2n) is 6.96. The van der Waals surface area contributed by atoms with Gasteiger partial charge < -0.3 is 20.1 Å². The molecule has 154 valence electrons. The molecule has 3 heterocycles. The molecule has 0 aliphatic carbocycles. The summed E-state index contributed by atoms with van der Waals surface area (Å²) in [4.78, 5) is 12.3. The van der Waals surface area contributed by atoms with Gasteiger partial charge >= 0.3 is 12.2 Å². The van der Waals surface area contributed by atoms with Gasteiger partial charge in [-0.05, 0) is 40.6 Å². The molecule has 0 unspecified atom stereocenters. The molecule has 2 aliphatic rings. The van der Waals surface area contributed by atoms with Gasteiger partial charge in [-0.15, -0.1) is 0 Å². The van der Waals surface area contributed by atoms with Gasteiger partial charge in [-0.3, -0.25) is 0 Å². The highest BCUT2D eigenvalue weighted by Gasteiger charge is 2.47. The van der Waals surface area contributed by atoms with E-state index in [2.05, 4.69) is 16.7 Å². The Bertz CT molecular complexity index is 885. The lowest BCUT2D eigenvalue weighted by molar-refractivity contribution is -0.137. The SMILES string of the molecule is O=C(Nc1cccc(C(F)(F)F)c1)N[C@H]1CO[C@H]2[C@@H]1OC[C@@H]2/C=C\c1ccsc1. The van der Waals surface area contributed by atoms with Crippen LogP contribution in [0, 0.1) is 5.92 Å². The molecule has 0 bridgehead atoms. The quantitative estimate of drug-likeness (QED) is 0.766. The van der Waals surface area contributed by atoms with E-state index in [0.29, 0.717) is 6.61 Å². The molecule has 2 fully saturated rings. The van der Waals surface area contributed by atoms with Crippen molar-refractivity contribution in [2.24, 2.45) is 5.92 Å². The third-order valence-corrected chi connectivity index (χ3v) is 5.64. The van der Waals surface area contributed by atoms with Crippen molar-refractivity contribution in [3.05, 3.63) is 58.3 Å². The number of thiophene rings is 1. The number of amides is 2. The summed E-state index contributed by atoms with van der Waals surface area (Å²) in [5, 5.41) is 9.23. The van der Waals surface area contributed by atoms with Gasteiger partial charge in [0.25, 0.3) is 0 Å². The normalized spacial score (nSPS) is 26.6. The minimum Gasteiger partial charge on any atom is -0.373 e. The van der Waals surface area contributed by atoms with E-state index in [1.54, 1.807) is 11.3 Å². The van der Waals surface area contributed by atoms with Gasteiger partial charge in [0, 0.05) is 11.6 Å². The Hall–Kier alpha value is -2.36. The molecule has 29 heavy (non-hydrogen) atoms. The largest absolute Gasteiger partial charge is 0.416 e. The van der Waals surface area contributed by atoms with Crippen LogP contribution in [0.15, 0.2) is 47.2 Å². The molecule has 0 radical (unpaired) electrons. The van der Waals surface area contributed by atoms with Gasteiger partial charge in [-0.2, -0.15) is 24.5 Å². The number of ether oxygens (including phenoxy) is 2. The minimum atomic E-state index is -4.47. The number of hydrogen-bond donors (Lipinski definition) is 2. The lowest BCUT2D eigenvalue weighted by Crippen LogP contribution is -2.45. The molecule has 2 amide bonds. The maximum atomic E-state index is 12.8. The Morgan fingerprint density at radius 3 is 2.76 bits per heavy atom. The van der Waals surface area contributed by atoms with Crippen molar-refractivity contribution in [2.45, 2.75) is 24.4 Å². The first kappa shape index (κ1) is 19.9. The fourth-order valence-corrected chi connectivity index (χ4v) is 4.16. The highest BCUT2D eigenvalue weighted by molar-refractivity contribution is 7.08. The molecule has 2 N–H and O–H groups in total. The molecule has 1 aromatic heterocycles. The van der Waals surface area contributed by atoms with Crippen LogP contribution < -0.4 is 10.6 Å². The number of nitrogens with one attached hydrogen (secondary N) is 2. The Labute approximate surface area is 169 Å². The highest BCUT2D eigenvalue weighted by atomic mass is 32.1. The second kappa shape index (κ2) is 8.17. The molecule has 4 atom stereocenters. The number of fused-ring (bicyclic) bond motifs is 1. The molecule has 0 saturated carbocycles. The number of hydrogen-bond acceptors (Lipinski definition) is 4. The van der Waals surface area contributed by atoms with E-state index in [-0.39, 0.29) is 36.5 Å². The van der Waals surface area contributed by atoms with Crippen molar-refractivity contribution in [2.75, 3.05) is 18.5 Å². The highest BCUT2D eigenvalue weighted by Crippen LogP contribution is 2.33. The Balaban J connectivity index is 1.33. The summed E-state index contributed by atoms with van der Waals surface area (Å²) in [5.74, 6) is 0.0817. The topological polar surface area (TPSA) is 59.6 Å². The lowest BCUT2D eigenvalue weighted by Gasteiger charge is -2.18. The van der Waals surface area contributed by atoms with Crippen LogP contribution in [0.1, 0.15) is 11.1 Å². The number of urea groups is 1. The van der Waals surface area contributed by atoms with Crippen molar-refractivity contribution in [1.29, 1.82) is 0 Å². The van der Waals surface area contributed by atoms with Crippen molar-refractivity contribution in [1.82, 2.24) is 5.32 Å². The third kappa shape index (κ3) is 4.63. The van der Waals surface area contributed by atoms with E-state index >= 15 is 0 Å². The van der Waals surface area contributed by atoms with E-state index < -0.39 is 17.8 Å². The molecular weight excluding hydrogens is 405 g/mol. The summed E-state index contributed by atoms with van der Waals surface area (Å²) in [7, 11) is 0. The number of carbonyl (C=O) groups excluding carboxylic acids is 1. The van der Waals surface area contributed by atoms with E-state index in [1.807, 2.05) is 22.9 Å². The summed E-state index contributed by atoms with van der Waals surface area (Å²) < 4.78 is 50.1. The number of rotatable bonds is 4. The predicted molar refractivity (Wildman–Crippen MR) is 104 cm³/mol. The molecule has 9 heteroatoms. The van der Waals surface area contributed by atoms with Gasteiger partial charge in [-0.1, -0.05) is 18.2 Å². The van der Waals surface area contributed by atoms with E-state index in [1.165, 1.54) is 12.1 Å². The molecular formula is C20H19F3N2O3S. The zero-order valence-corrected chi connectivity index (χ0v) is 16.0. The molecule has 2 aliphatic heterocycles. The predicted octanol–water partition coefficient (Wildman–Crippen LogP) is 4.38. The van der Waals surface area contributed by atoms with Crippen LogP contribution in [0.3, 0.4) is 0 Å². The number of alkyl halides is 3. The summed E-state index contributed by atoms with van der Waals surface area (Å²) >= 11 is 1.62. The Morgan fingerprint density at radius 1 is 1.17 bits per heavy atom. The van der Waals surface area contributed by atoms with Crippen LogP contribution >= 0.6 is 11.3 Å². The van der Waals surface area contributed by atoms with Crippen molar-refractivity contribution in [3.8, 4) is 0 Å². The van der Waals surface area contributed by atoms with E-state index in [4.69, 9.17) is 9.47 Å². The smallest absolute Gasteiger partial charge is 0.373 e. The molecule has 5 nitrogen and oxygen atoms in total. The van der Waals surface area contributed by atoms with Crippen LogP contribution in [-0.4, -0.2) is 37.5 Å². The average molecular weight is 424 g/mol. The summed E-state index contributed by atoms with van der Waals surface area (Å²) in [5.41, 5.74) is 0.363. The molecule has 2 aromatic rings. The van der Waals surface area contributed by atoms with Gasteiger partial charge in [0.1, 0.15) is 6.10 Å². The third-order valence-electron chi connectivity index (χ3n) is 4.94. The van der Waals surface area contributed by atoms with Gasteiger partial charge in [-0.25, -0.2) is 4.79 Å². The molecule has 4 rings (SSSR count). The fourth-order valence-electron chi connectivity index (χ4n) is 3.53. The summed E-state index contributed by atoms with van der Waals surface area (Å²) in [6.07, 6.45) is -0.845. The lowest BCUT2D eigenvalue weighted by atomic mass is 9.99. The van der Waals surface area contributed by atoms with Crippen LogP contribution in [0.2, 0.25) is 0 Å². The fraction of sp³-hybridized carbons (Fsp3) is 0.350. The van der Waals surface area contributed by atoms with Crippen molar-refractivity contribution in [3.63, 3.8) is 0 Å². The second-order valence-corrected chi connectivity index (χ2v) is 7.74. The minimum absolute atomic E-state index is 0.0664. The van der Waals surface area contributed by atoms with Gasteiger partial charge in [0.2, 0.25) is 0 Å². The first-order valence-electron chi connectivity index (χ1n) is 9.08.